The first-order chi connectivity index (χ1) is 9.52. The smallest absolute Gasteiger partial charge is 0.137 e. The van der Waals surface area contributed by atoms with E-state index in [9.17, 15) is 20.1 Å². The fraction of sp³-hybridized carbons (Fsp3) is 0.133. The average Bonchev–Trinajstić information content (AvgIpc) is 2.45. The Kier molecular flexibility index (Phi) is 4.29. The minimum absolute atomic E-state index is 0.0828. The predicted octanol–water partition coefficient (Wildman–Crippen LogP) is 3.09. The topological polar surface area (TPSA) is 77.8 Å². The van der Waals surface area contributed by atoms with Crippen LogP contribution in [0.5, 0.6) is 17.2 Å². The first kappa shape index (κ1) is 14.4. The van der Waals surface area contributed by atoms with Gasteiger partial charge in [-0.15, -0.1) is 0 Å². The van der Waals surface area contributed by atoms with Crippen LogP contribution in [0.15, 0.2) is 40.9 Å². The van der Waals surface area contributed by atoms with Gasteiger partial charge in [0, 0.05) is 11.5 Å². The summed E-state index contributed by atoms with van der Waals surface area (Å²) in [6, 6.07) is 9.48. The van der Waals surface area contributed by atoms with Gasteiger partial charge < -0.3 is 20.1 Å². The molecule has 5 heteroatoms. The van der Waals surface area contributed by atoms with Crippen molar-refractivity contribution in [2.45, 2.75) is 12.3 Å². The van der Waals surface area contributed by atoms with Gasteiger partial charge in [0.05, 0.1) is 0 Å². The second-order valence-corrected chi connectivity index (χ2v) is 5.24. The van der Waals surface area contributed by atoms with Crippen LogP contribution in [-0.4, -0.2) is 21.6 Å². The number of aldehydes is 1. The third-order valence-corrected chi connectivity index (χ3v) is 3.86. The maximum absolute atomic E-state index is 11.3. The average molecular weight is 337 g/mol. The first-order valence-electron chi connectivity index (χ1n) is 5.96. The van der Waals surface area contributed by atoms with Gasteiger partial charge in [0.25, 0.3) is 0 Å². The molecule has 0 amide bonds. The number of aromatic hydroxyl groups is 3. The van der Waals surface area contributed by atoms with Crippen LogP contribution >= 0.6 is 15.9 Å². The Morgan fingerprint density at radius 1 is 1.05 bits per heavy atom. The number of carbonyl (C=O) groups excluding carboxylic acids is 1. The van der Waals surface area contributed by atoms with Crippen molar-refractivity contribution in [2.24, 2.45) is 0 Å². The Hall–Kier alpha value is -2.01. The maximum atomic E-state index is 11.3. The van der Waals surface area contributed by atoms with E-state index >= 15 is 0 Å². The third-order valence-electron chi connectivity index (χ3n) is 3.08. The van der Waals surface area contributed by atoms with E-state index in [-0.39, 0.29) is 21.7 Å². The van der Waals surface area contributed by atoms with Gasteiger partial charge in [-0.2, -0.15) is 0 Å². The van der Waals surface area contributed by atoms with Crippen molar-refractivity contribution in [2.75, 3.05) is 0 Å². The highest BCUT2D eigenvalue weighted by atomic mass is 79.9. The molecule has 1 atom stereocenters. The van der Waals surface area contributed by atoms with E-state index in [0.29, 0.717) is 12.0 Å². The Morgan fingerprint density at radius 3 is 2.30 bits per heavy atom. The maximum Gasteiger partial charge on any atom is 0.137 e. The summed E-state index contributed by atoms with van der Waals surface area (Å²) < 4.78 is 0.174. The van der Waals surface area contributed by atoms with E-state index in [2.05, 4.69) is 15.9 Å². The zero-order valence-electron chi connectivity index (χ0n) is 10.5. The number of phenolic OH excluding ortho intramolecular Hbond substituents is 3. The van der Waals surface area contributed by atoms with Crippen LogP contribution in [0, 0.1) is 0 Å². The monoisotopic (exact) mass is 336 g/mol. The molecule has 2 rings (SSSR count). The number of hydrogen-bond acceptors (Lipinski definition) is 4. The molecule has 0 spiro atoms. The van der Waals surface area contributed by atoms with Crippen LogP contribution in [0.3, 0.4) is 0 Å². The molecule has 0 heterocycles. The van der Waals surface area contributed by atoms with Gasteiger partial charge in [-0.3, -0.25) is 0 Å². The van der Waals surface area contributed by atoms with Crippen LogP contribution in [0.25, 0.3) is 0 Å². The molecule has 0 aliphatic carbocycles. The standard InChI is InChI=1S/C15H13BrO4/c16-14-13(19)6-5-12(15(14)20)10(8-17)7-9-1-3-11(18)4-2-9/h1-6,8,10,18-20H,7H2. The van der Waals surface area contributed by atoms with Gasteiger partial charge in [0.15, 0.2) is 0 Å². The van der Waals surface area contributed by atoms with Crippen LogP contribution in [0.2, 0.25) is 0 Å². The Balaban J connectivity index is 2.31. The molecule has 0 bridgehead atoms. The molecule has 2 aromatic rings. The summed E-state index contributed by atoms with van der Waals surface area (Å²) in [7, 11) is 0. The van der Waals surface area contributed by atoms with E-state index < -0.39 is 5.92 Å². The summed E-state index contributed by atoms with van der Waals surface area (Å²) in [6.07, 6.45) is 1.15. The van der Waals surface area contributed by atoms with E-state index in [1.165, 1.54) is 12.1 Å². The van der Waals surface area contributed by atoms with Gasteiger partial charge in [0.2, 0.25) is 0 Å². The fourth-order valence-electron chi connectivity index (χ4n) is 1.99. The van der Waals surface area contributed by atoms with Crippen molar-refractivity contribution < 1.29 is 20.1 Å². The molecule has 0 saturated carbocycles. The highest BCUT2D eigenvalue weighted by Gasteiger charge is 2.19. The molecular weight excluding hydrogens is 324 g/mol. The second-order valence-electron chi connectivity index (χ2n) is 4.45. The van der Waals surface area contributed by atoms with Gasteiger partial charge in [-0.1, -0.05) is 18.2 Å². The number of hydrogen-bond donors (Lipinski definition) is 3. The molecule has 104 valence electrons. The van der Waals surface area contributed by atoms with Crippen LogP contribution in [-0.2, 0) is 11.2 Å². The van der Waals surface area contributed by atoms with E-state index in [1.807, 2.05) is 0 Å². The number of phenols is 3. The summed E-state index contributed by atoms with van der Waals surface area (Å²) in [5, 5.41) is 28.7. The van der Waals surface area contributed by atoms with E-state index in [4.69, 9.17) is 0 Å². The molecule has 0 aliphatic heterocycles. The molecule has 0 aromatic heterocycles. The quantitative estimate of drug-likeness (QED) is 0.749. The number of benzene rings is 2. The van der Waals surface area contributed by atoms with Crippen LogP contribution < -0.4 is 0 Å². The Labute approximate surface area is 124 Å². The summed E-state index contributed by atoms with van der Waals surface area (Å²) in [4.78, 5) is 11.3. The highest BCUT2D eigenvalue weighted by Crippen LogP contribution is 2.39. The molecule has 20 heavy (non-hydrogen) atoms. The van der Waals surface area contributed by atoms with E-state index in [1.54, 1.807) is 24.3 Å². The molecule has 0 aliphatic rings. The van der Waals surface area contributed by atoms with Gasteiger partial charge in [0.1, 0.15) is 28.0 Å². The van der Waals surface area contributed by atoms with Crippen molar-refractivity contribution in [3.8, 4) is 17.2 Å². The molecular formula is C15H13BrO4. The minimum Gasteiger partial charge on any atom is -0.508 e. The molecule has 4 nitrogen and oxygen atoms in total. The zero-order chi connectivity index (χ0) is 14.7. The number of halogens is 1. The first-order valence-corrected chi connectivity index (χ1v) is 6.75. The molecule has 2 aromatic carbocycles. The minimum atomic E-state index is -0.531. The SMILES string of the molecule is O=CC(Cc1ccc(O)cc1)c1ccc(O)c(Br)c1O. The summed E-state index contributed by atoms with van der Waals surface area (Å²) in [5.41, 5.74) is 1.31. The third kappa shape index (κ3) is 2.93. The van der Waals surface area contributed by atoms with Crippen LogP contribution in [0.1, 0.15) is 17.0 Å². The van der Waals surface area contributed by atoms with Crippen molar-refractivity contribution in [1.29, 1.82) is 0 Å². The van der Waals surface area contributed by atoms with E-state index in [0.717, 1.165) is 11.8 Å². The van der Waals surface area contributed by atoms with Crippen molar-refractivity contribution in [1.82, 2.24) is 0 Å². The lowest BCUT2D eigenvalue weighted by Crippen LogP contribution is -2.05. The highest BCUT2D eigenvalue weighted by molar-refractivity contribution is 9.10. The Morgan fingerprint density at radius 2 is 1.70 bits per heavy atom. The summed E-state index contributed by atoms with van der Waals surface area (Å²) in [5.74, 6) is -0.593. The Bertz CT molecular complexity index is 623. The van der Waals surface area contributed by atoms with Gasteiger partial charge >= 0.3 is 0 Å². The van der Waals surface area contributed by atoms with Crippen molar-refractivity contribution in [3.63, 3.8) is 0 Å². The lowest BCUT2D eigenvalue weighted by Gasteiger charge is -2.14. The number of rotatable bonds is 4. The van der Waals surface area contributed by atoms with Gasteiger partial charge in [-0.25, -0.2) is 0 Å². The van der Waals surface area contributed by atoms with Crippen molar-refractivity contribution in [3.05, 3.63) is 52.0 Å². The zero-order valence-corrected chi connectivity index (χ0v) is 12.0. The second kappa shape index (κ2) is 5.96. The molecule has 0 radical (unpaired) electrons. The lowest BCUT2D eigenvalue weighted by molar-refractivity contribution is -0.109. The largest absolute Gasteiger partial charge is 0.508 e. The summed E-state index contributed by atoms with van der Waals surface area (Å²) in [6.45, 7) is 0. The summed E-state index contributed by atoms with van der Waals surface area (Å²) >= 11 is 3.07. The predicted molar refractivity (Wildman–Crippen MR) is 78.1 cm³/mol. The molecule has 0 fully saturated rings. The lowest BCUT2D eigenvalue weighted by atomic mass is 9.92. The molecule has 0 saturated heterocycles. The molecule has 3 N–H and O–H groups in total. The fourth-order valence-corrected chi connectivity index (χ4v) is 2.35. The number of carbonyl (C=O) groups is 1. The molecule has 1 unspecified atom stereocenters. The van der Waals surface area contributed by atoms with Crippen LogP contribution in [0.4, 0.5) is 0 Å². The van der Waals surface area contributed by atoms with Gasteiger partial charge in [-0.05, 0) is 46.1 Å². The van der Waals surface area contributed by atoms with Crippen molar-refractivity contribution >= 4 is 22.2 Å². The normalized spacial score (nSPS) is 12.1.